The summed E-state index contributed by atoms with van der Waals surface area (Å²) in [7, 11) is 0. The highest BCUT2D eigenvalue weighted by molar-refractivity contribution is 5.88. The Balaban J connectivity index is 1.98. The molecule has 2 rings (SSSR count). The third-order valence-electron chi connectivity index (χ3n) is 3.74. The Labute approximate surface area is 118 Å². The van der Waals surface area contributed by atoms with Gasteiger partial charge in [0.05, 0.1) is 12.1 Å². The molecule has 1 heterocycles. The van der Waals surface area contributed by atoms with Crippen LogP contribution in [0.25, 0.3) is 0 Å². The van der Waals surface area contributed by atoms with E-state index in [1.165, 1.54) is 0 Å². The van der Waals surface area contributed by atoms with Crippen LogP contribution in [0.4, 0.5) is 0 Å². The van der Waals surface area contributed by atoms with Crippen molar-refractivity contribution in [3.8, 4) is 0 Å². The number of amides is 1. The van der Waals surface area contributed by atoms with Crippen LogP contribution in [-0.2, 0) is 17.9 Å². The molecule has 108 valence electrons. The smallest absolute Gasteiger partial charge is 0.335 e. The highest BCUT2D eigenvalue weighted by Gasteiger charge is 2.24. The molecule has 5 heteroatoms. The molecule has 0 bridgehead atoms. The van der Waals surface area contributed by atoms with Crippen LogP contribution in [0.15, 0.2) is 18.2 Å². The van der Waals surface area contributed by atoms with Crippen molar-refractivity contribution in [2.45, 2.75) is 39.4 Å². The van der Waals surface area contributed by atoms with Crippen LogP contribution in [0, 0.1) is 0 Å². The van der Waals surface area contributed by atoms with Gasteiger partial charge in [-0.1, -0.05) is 13.0 Å². The van der Waals surface area contributed by atoms with Crippen LogP contribution in [0.1, 0.15) is 41.8 Å². The number of aromatic carboxylic acids is 1. The summed E-state index contributed by atoms with van der Waals surface area (Å²) < 4.78 is 0. The summed E-state index contributed by atoms with van der Waals surface area (Å²) in [6.07, 6.45) is 0.982. The van der Waals surface area contributed by atoms with Gasteiger partial charge in [-0.15, -0.1) is 0 Å². The first-order chi connectivity index (χ1) is 9.51. The summed E-state index contributed by atoms with van der Waals surface area (Å²) in [5, 5.41) is 12.2. The normalized spacial score (nSPS) is 15.0. The molecule has 0 saturated carbocycles. The Morgan fingerprint density at radius 2 is 2.05 bits per heavy atom. The number of hydrogen-bond donors (Lipinski definition) is 2. The van der Waals surface area contributed by atoms with E-state index in [4.69, 9.17) is 5.11 Å². The maximum atomic E-state index is 12.1. The first-order valence-corrected chi connectivity index (χ1v) is 6.87. The van der Waals surface area contributed by atoms with Gasteiger partial charge in [0, 0.05) is 19.1 Å². The molecule has 1 aromatic rings. The molecular weight excluding hydrogens is 256 g/mol. The number of nitrogens with zero attached hydrogens (tertiary/aromatic N) is 1. The summed E-state index contributed by atoms with van der Waals surface area (Å²) in [4.78, 5) is 24.8. The van der Waals surface area contributed by atoms with Crippen molar-refractivity contribution in [3.05, 3.63) is 34.9 Å². The van der Waals surface area contributed by atoms with E-state index in [1.807, 2.05) is 6.92 Å². The standard InChI is InChI=1S/C15H20N2O3/c1-3-10(2)16-7-14(18)17-8-12-5-4-11(15(19)20)6-13(12)9-17/h4-6,10,16H,3,7-9H2,1-2H3,(H,19,20). The predicted octanol–water partition coefficient (Wildman–Crippen LogP) is 1.62. The molecule has 1 atom stereocenters. The zero-order valence-electron chi connectivity index (χ0n) is 11.8. The van der Waals surface area contributed by atoms with E-state index < -0.39 is 5.97 Å². The fourth-order valence-corrected chi connectivity index (χ4v) is 2.22. The summed E-state index contributed by atoms with van der Waals surface area (Å²) >= 11 is 0. The molecular formula is C15H20N2O3. The lowest BCUT2D eigenvalue weighted by Crippen LogP contribution is -2.38. The predicted molar refractivity (Wildman–Crippen MR) is 75.4 cm³/mol. The van der Waals surface area contributed by atoms with E-state index in [-0.39, 0.29) is 11.5 Å². The Hall–Kier alpha value is -1.88. The van der Waals surface area contributed by atoms with Crippen LogP contribution < -0.4 is 5.32 Å². The second-order valence-electron chi connectivity index (χ2n) is 5.23. The minimum atomic E-state index is -0.934. The first-order valence-electron chi connectivity index (χ1n) is 6.87. The highest BCUT2D eigenvalue weighted by Crippen LogP contribution is 2.23. The number of nitrogens with one attached hydrogen (secondary N) is 1. The van der Waals surface area contributed by atoms with Gasteiger partial charge >= 0.3 is 5.97 Å². The number of carboxylic acid groups (broad SMARTS) is 1. The van der Waals surface area contributed by atoms with Crippen molar-refractivity contribution in [2.24, 2.45) is 0 Å². The molecule has 0 radical (unpaired) electrons. The van der Waals surface area contributed by atoms with E-state index in [9.17, 15) is 9.59 Å². The molecule has 20 heavy (non-hydrogen) atoms. The number of carbonyl (C=O) groups is 2. The van der Waals surface area contributed by atoms with Crippen LogP contribution in [0.3, 0.4) is 0 Å². The minimum absolute atomic E-state index is 0.0541. The summed E-state index contributed by atoms with van der Waals surface area (Å²) in [5.74, 6) is -0.880. The number of fused-ring (bicyclic) bond motifs is 1. The van der Waals surface area contributed by atoms with Crippen LogP contribution >= 0.6 is 0 Å². The molecule has 2 N–H and O–H groups in total. The van der Waals surface area contributed by atoms with Crippen LogP contribution in [0.2, 0.25) is 0 Å². The van der Waals surface area contributed by atoms with E-state index in [0.29, 0.717) is 25.7 Å². The summed E-state index contributed by atoms with van der Waals surface area (Å²) in [6.45, 7) is 5.51. The third-order valence-corrected chi connectivity index (χ3v) is 3.74. The lowest BCUT2D eigenvalue weighted by Gasteiger charge is -2.17. The average molecular weight is 276 g/mol. The molecule has 0 aliphatic carbocycles. The fourth-order valence-electron chi connectivity index (χ4n) is 2.22. The van der Waals surface area contributed by atoms with Gasteiger partial charge in [-0.05, 0) is 36.6 Å². The number of carboxylic acids is 1. The fraction of sp³-hybridized carbons (Fsp3) is 0.467. The zero-order chi connectivity index (χ0) is 14.7. The number of hydrogen-bond acceptors (Lipinski definition) is 3. The highest BCUT2D eigenvalue weighted by atomic mass is 16.4. The number of benzene rings is 1. The monoisotopic (exact) mass is 276 g/mol. The van der Waals surface area contributed by atoms with Crippen molar-refractivity contribution in [1.29, 1.82) is 0 Å². The van der Waals surface area contributed by atoms with E-state index in [2.05, 4.69) is 12.2 Å². The van der Waals surface area contributed by atoms with Crippen LogP contribution in [0.5, 0.6) is 0 Å². The molecule has 5 nitrogen and oxygen atoms in total. The number of carbonyl (C=O) groups excluding carboxylic acids is 1. The zero-order valence-corrected chi connectivity index (χ0v) is 11.8. The molecule has 0 aromatic heterocycles. The maximum absolute atomic E-state index is 12.1. The average Bonchev–Trinajstić information content (AvgIpc) is 2.87. The van der Waals surface area contributed by atoms with Gasteiger partial charge in [-0.25, -0.2) is 4.79 Å². The Kier molecular flexibility index (Phi) is 4.39. The Morgan fingerprint density at radius 3 is 2.70 bits per heavy atom. The lowest BCUT2D eigenvalue weighted by atomic mass is 10.1. The second-order valence-corrected chi connectivity index (χ2v) is 5.23. The minimum Gasteiger partial charge on any atom is -0.478 e. The van der Waals surface area contributed by atoms with E-state index >= 15 is 0 Å². The molecule has 0 fully saturated rings. The summed E-state index contributed by atoms with van der Waals surface area (Å²) in [6, 6.07) is 5.37. The molecule has 0 spiro atoms. The van der Waals surface area contributed by atoms with Crippen LogP contribution in [-0.4, -0.2) is 34.5 Å². The van der Waals surface area contributed by atoms with Crippen molar-refractivity contribution >= 4 is 11.9 Å². The molecule has 1 aliphatic rings. The van der Waals surface area contributed by atoms with Gasteiger partial charge < -0.3 is 15.3 Å². The van der Waals surface area contributed by atoms with Crippen molar-refractivity contribution < 1.29 is 14.7 Å². The first kappa shape index (κ1) is 14.5. The quantitative estimate of drug-likeness (QED) is 0.857. The van der Waals surface area contributed by atoms with Gasteiger partial charge in [-0.2, -0.15) is 0 Å². The Morgan fingerprint density at radius 1 is 1.35 bits per heavy atom. The van der Waals surface area contributed by atoms with Gasteiger partial charge in [-0.3, -0.25) is 4.79 Å². The largest absolute Gasteiger partial charge is 0.478 e. The second kappa shape index (κ2) is 6.05. The molecule has 1 amide bonds. The van der Waals surface area contributed by atoms with E-state index in [0.717, 1.165) is 17.5 Å². The van der Waals surface area contributed by atoms with Crippen molar-refractivity contribution in [1.82, 2.24) is 10.2 Å². The third kappa shape index (κ3) is 3.17. The van der Waals surface area contributed by atoms with E-state index in [1.54, 1.807) is 23.1 Å². The maximum Gasteiger partial charge on any atom is 0.335 e. The topological polar surface area (TPSA) is 69.6 Å². The summed E-state index contributed by atoms with van der Waals surface area (Å²) in [5.41, 5.74) is 2.24. The lowest BCUT2D eigenvalue weighted by molar-refractivity contribution is -0.130. The molecule has 1 aliphatic heterocycles. The van der Waals surface area contributed by atoms with Gasteiger partial charge in [0.15, 0.2) is 0 Å². The van der Waals surface area contributed by atoms with Gasteiger partial charge in [0.2, 0.25) is 5.91 Å². The van der Waals surface area contributed by atoms with Gasteiger partial charge in [0.1, 0.15) is 0 Å². The van der Waals surface area contributed by atoms with Crippen molar-refractivity contribution in [2.75, 3.05) is 6.54 Å². The number of rotatable bonds is 5. The van der Waals surface area contributed by atoms with Crippen molar-refractivity contribution in [3.63, 3.8) is 0 Å². The molecule has 1 unspecified atom stereocenters. The van der Waals surface area contributed by atoms with Gasteiger partial charge in [0.25, 0.3) is 0 Å². The SMILES string of the molecule is CCC(C)NCC(=O)N1Cc2ccc(C(=O)O)cc2C1. The molecule has 0 saturated heterocycles. The molecule has 1 aromatic carbocycles. The Bertz CT molecular complexity index is 528.